The fraction of sp³-hybridized carbons (Fsp3) is 0.571. The van der Waals surface area contributed by atoms with Crippen molar-refractivity contribution in [1.82, 2.24) is 9.88 Å². The van der Waals surface area contributed by atoms with Crippen LogP contribution in [0.1, 0.15) is 31.3 Å². The van der Waals surface area contributed by atoms with Gasteiger partial charge in [-0.3, -0.25) is 4.79 Å². The molecular formula is C14H21N3O2. The molecule has 0 saturated carbocycles. The van der Waals surface area contributed by atoms with Crippen molar-refractivity contribution < 1.29 is 9.53 Å². The summed E-state index contributed by atoms with van der Waals surface area (Å²) in [7, 11) is 1.82. The second-order valence-electron chi connectivity index (χ2n) is 5.56. The minimum atomic E-state index is -0.307. The van der Waals surface area contributed by atoms with Gasteiger partial charge in [0.2, 0.25) is 0 Å². The van der Waals surface area contributed by atoms with E-state index >= 15 is 0 Å². The van der Waals surface area contributed by atoms with E-state index in [2.05, 4.69) is 10.3 Å². The summed E-state index contributed by atoms with van der Waals surface area (Å²) in [5.41, 5.74) is 1.06. The Hall–Kier alpha value is -1.62. The zero-order valence-electron chi connectivity index (χ0n) is 11.9. The van der Waals surface area contributed by atoms with Crippen LogP contribution >= 0.6 is 0 Å². The molecule has 0 aromatic carbocycles. The fourth-order valence-corrected chi connectivity index (χ4v) is 2.44. The van der Waals surface area contributed by atoms with Crippen LogP contribution in [0.2, 0.25) is 0 Å². The third-order valence-corrected chi connectivity index (χ3v) is 3.13. The predicted octanol–water partition coefficient (Wildman–Crippen LogP) is 1.76. The topological polar surface area (TPSA) is 54.5 Å². The van der Waals surface area contributed by atoms with Crippen molar-refractivity contribution in [2.75, 3.05) is 25.5 Å². The maximum absolute atomic E-state index is 12.4. The van der Waals surface area contributed by atoms with Crippen LogP contribution in [-0.4, -0.2) is 47.6 Å². The fourth-order valence-electron chi connectivity index (χ4n) is 2.44. The van der Waals surface area contributed by atoms with E-state index in [4.69, 9.17) is 4.74 Å². The number of carbonyl (C=O) groups is 1. The first-order valence-electron chi connectivity index (χ1n) is 6.52. The molecule has 1 unspecified atom stereocenters. The summed E-state index contributed by atoms with van der Waals surface area (Å²) in [4.78, 5) is 18.4. The van der Waals surface area contributed by atoms with E-state index in [1.807, 2.05) is 38.8 Å². The lowest BCUT2D eigenvalue weighted by Gasteiger charge is -2.41. The molecule has 19 heavy (non-hydrogen) atoms. The predicted molar refractivity (Wildman–Crippen MR) is 74.3 cm³/mol. The number of nitrogens with zero attached hydrogens (tertiary/aromatic N) is 2. The van der Waals surface area contributed by atoms with Crippen LogP contribution in [0.15, 0.2) is 18.3 Å². The Labute approximate surface area is 114 Å². The van der Waals surface area contributed by atoms with Gasteiger partial charge in [-0.15, -0.1) is 0 Å². The highest BCUT2D eigenvalue weighted by atomic mass is 16.5. The monoisotopic (exact) mass is 263 g/mol. The van der Waals surface area contributed by atoms with Gasteiger partial charge in [-0.1, -0.05) is 0 Å². The van der Waals surface area contributed by atoms with Gasteiger partial charge < -0.3 is 15.0 Å². The molecule has 1 atom stereocenters. The lowest BCUT2D eigenvalue weighted by atomic mass is 10.1. The summed E-state index contributed by atoms with van der Waals surface area (Å²) in [6, 6.07) is 3.61. The highest BCUT2D eigenvalue weighted by Crippen LogP contribution is 2.22. The van der Waals surface area contributed by atoms with Crippen LogP contribution in [0.3, 0.4) is 0 Å². The van der Waals surface area contributed by atoms with Gasteiger partial charge in [0.05, 0.1) is 23.6 Å². The molecule has 0 spiro atoms. The van der Waals surface area contributed by atoms with E-state index in [1.54, 1.807) is 12.3 Å². The Bertz CT molecular complexity index is 456. The largest absolute Gasteiger partial charge is 0.387 e. The van der Waals surface area contributed by atoms with E-state index in [-0.39, 0.29) is 17.6 Å². The first kappa shape index (κ1) is 13.8. The average Bonchev–Trinajstić information content (AvgIpc) is 2.35. The Balaban J connectivity index is 2.14. The van der Waals surface area contributed by atoms with Crippen LogP contribution in [0.25, 0.3) is 0 Å². The first-order valence-corrected chi connectivity index (χ1v) is 6.52. The van der Waals surface area contributed by atoms with Crippen LogP contribution in [-0.2, 0) is 4.74 Å². The Kier molecular flexibility index (Phi) is 3.75. The number of rotatable bonds is 2. The lowest BCUT2D eigenvalue weighted by molar-refractivity contribution is -0.118. The number of hydrogen-bond acceptors (Lipinski definition) is 4. The maximum Gasteiger partial charge on any atom is 0.272 e. The van der Waals surface area contributed by atoms with Crippen molar-refractivity contribution in [2.45, 2.75) is 32.5 Å². The molecular weight excluding hydrogens is 242 g/mol. The number of aromatic nitrogens is 1. The number of nitrogens with one attached hydrogen (secondary N) is 1. The van der Waals surface area contributed by atoms with Gasteiger partial charge >= 0.3 is 0 Å². The van der Waals surface area contributed by atoms with E-state index in [9.17, 15) is 4.79 Å². The SMILES string of the molecule is CNc1ccc(C(=O)N2CC(C)OC(C)(C)C2)nc1. The van der Waals surface area contributed by atoms with Crippen LogP contribution in [0.4, 0.5) is 5.69 Å². The molecule has 1 fully saturated rings. The molecule has 1 N–H and O–H groups in total. The third-order valence-electron chi connectivity index (χ3n) is 3.13. The number of amides is 1. The third kappa shape index (κ3) is 3.23. The van der Waals surface area contributed by atoms with Crippen LogP contribution in [0.5, 0.6) is 0 Å². The second kappa shape index (κ2) is 5.17. The highest BCUT2D eigenvalue weighted by molar-refractivity contribution is 5.92. The molecule has 0 aliphatic carbocycles. The van der Waals surface area contributed by atoms with Gasteiger partial charge in [0.15, 0.2) is 0 Å². The van der Waals surface area contributed by atoms with Crippen molar-refractivity contribution in [3.05, 3.63) is 24.0 Å². The molecule has 5 nitrogen and oxygen atoms in total. The molecule has 1 amide bonds. The minimum absolute atomic E-state index is 0.0362. The zero-order chi connectivity index (χ0) is 14.0. The van der Waals surface area contributed by atoms with Crippen molar-refractivity contribution in [2.24, 2.45) is 0 Å². The molecule has 1 aliphatic heterocycles. The Morgan fingerprint density at radius 1 is 1.53 bits per heavy atom. The van der Waals surface area contributed by atoms with Crippen LogP contribution < -0.4 is 5.32 Å². The average molecular weight is 263 g/mol. The highest BCUT2D eigenvalue weighted by Gasteiger charge is 2.34. The second-order valence-corrected chi connectivity index (χ2v) is 5.56. The first-order chi connectivity index (χ1) is 8.91. The molecule has 1 aromatic rings. The van der Waals surface area contributed by atoms with Crippen molar-refractivity contribution in [3.63, 3.8) is 0 Å². The minimum Gasteiger partial charge on any atom is -0.387 e. The van der Waals surface area contributed by atoms with E-state index in [1.165, 1.54) is 0 Å². The molecule has 1 saturated heterocycles. The van der Waals surface area contributed by atoms with Gasteiger partial charge in [0.1, 0.15) is 5.69 Å². The Morgan fingerprint density at radius 3 is 2.79 bits per heavy atom. The van der Waals surface area contributed by atoms with Crippen molar-refractivity contribution >= 4 is 11.6 Å². The van der Waals surface area contributed by atoms with Crippen LogP contribution in [0, 0.1) is 0 Å². The molecule has 104 valence electrons. The van der Waals surface area contributed by atoms with Gasteiger partial charge in [-0.05, 0) is 32.9 Å². The van der Waals surface area contributed by atoms with E-state index in [0.717, 1.165) is 5.69 Å². The van der Waals surface area contributed by atoms with Gasteiger partial charge in [0, 0.05) is 20.1 Å². The number of pyridine rings is 1. The zero-order valence-corrected chi connectivity index (χ0v) is 11.9. The number of hydrogen-bond donors (Lipinski definition) is 1. The normalized spacial score (nSPS) is 22.1. The summed E-state index contributed by atoms with van der Waals surface area (Å²) in [5, 5.41) is 2.99. The number of ether oxygens (including phenoxy) is 1. The van der Waals surface area contributed by atoms with E-state index < -0.39 is 0 Å². The summed E-state index contributed by atoms with van der Waals surface area (Å²) >= 11 is 0. The molecule has 1 aliphatic rings. The molecule has 2 heterocycles. The van der Waals surface area contributed by atoms with Gasteiger partial charge in [-0.2, -0.15) is 0 Å². The molecule has 0 radical (unpaired) electrons. The summed E-state index contributed by atoms with van der Waals surface area (Å²) in [6.45, 7) is 7.18. The molecule has 1 aromatic heterocycles. The number of carbonyl (C=O) groups excluding carboxylic acids is 1. The molecule has 5 heteroatoms. The maximum atomic E-state index is 12.4. The quantitative estimate of drug-likeness (QED) is 0.883. The smallest absolute Gasteiger partial charge is 0.272 e. The summed E-state index contributed by atoms with van der Waals surface area (Å²) in [5.74, 6) is -0.0362. The number of morpholine rings is 1. The van der Waals surface area contributed by atoms with Crippen molar-refractivity contribution in [1.29, 1.82) is 0 Å². The molecule has 2 rings (SSSR count). The van der Waals surface area contributed by atoms with Gasteiger partial charge in [0.25, 0.3) is 5.91 Å². The van der Waals surface area contributed by atoms with E-state index in [0.29, 0.717) is 18.8 Å². The van der Waals surface area contributed by atoms with Gasteiger partial charge in [-0.25, -0.2) is 4.98 Å². The molecule has 0 bridgehead atoms. The lowest BCUT2D eigenvalue weighted by Crippen LogP contribution is -2.53. The standard InChI is InChI=1S/C14H21N3O2/c1-10-8-17(9-14(2,3)19-10)13(18)12-6-5-11(15-4)7-16-12/h5-7,10,15H,8-9H2,1-4H3. The number of anilines is 1. The summed E-state index contributed by atoms with van der Waals surface area (Å²) in [6.07, 6.45) is 1.71. The summed E-state index contributed by atoms with van der Waals surface area (Å²) < 4.78 is 5.80. The van der Waals surface area contributed by atoms with Crippen molar-refractivity contribution in [3.8, 4) is 0 Å². The Morgan fingerprint density at radius 2 is 2.26 bits per heavy atom.